The van der Waals surface area contributed by atoms with Crippen molar-refractivity contribution in [2.45, 2.75) is 32.7 Å². The van der Waals surface area contributed by atoms with E-state index in [1.54, 1.807) is 0 Å². The number of nitrogens with one attached hydrogen (secondary N) is 1. The van der Waals surface area contributed by atoms with Gasteiger partial charge in [0.2, 0.25) is 5.91 Å². The van der Waals surface area contributed by atoms with E-state index < -0.39 is 0 Å². The third-order valence-electron chi connectivity index (χ3n) is 4.26. The molecule has 1 fully saturated rings. The van der Waals surface area contributed by atoms with Crippen LogP contribution < -0.4 is 5.32 Å². The summed E-state index contributed by atoms with van der Waals surface area (Å²) in [5.41, 5.74) is 2.05. The second-order valence-corrected chi connectivity index (χ2v) is 6.10. The van der Waals surface area contributed by atoms with E-state index in [1.807, 2.05) is 25.1 Å². The van der Waals surface area contributed by atoms with Crippen molar-refractivity contribution in [1.82, 2.24) is 4.90 Å². The zero-order valence-corrected chi connectivity index (χ0v) is 14.0. The highest BCUT2D eigenvalue weighted by Crippen LogP contribution is 2.19. The highest BCUT2D eigenvalue weighted by molar-refractivity contribution is 5.90. The first kappa shape index (κ1) is 17.9. The summed E-state index contributed by atoms with van der Waals surface area (Å²) < 4.78 is 5.20. The summed E-state index contributed by atoms with van der Waals surface area (Å²) in [5, 5.41) is 12.1. The maximum atomic E-state index is 11.8. The second kappa shape index (κ2) is 9.65. The number of hydrogen-bond donors (Lipinski definition) is 2. The molecular formula is C18H28N2O3. The van der Waals surface area contributed by atoms with Gasteiger partial charge in [-0.15, -0.1) is 0 Å². The van der Waals surface area contributed by atoms with Crippen LogP contribution in [0.3, 0.4) is 0 Å². The molecular weight excluding hydrogens is 292 g/mol. The zero-order chi connectivity index (χ0) is 16.5. The fraction of sp³-hybridized carbons (Fsp3) is 0.611. The van der Waals surface area contributed by atoms with E-state index in [1.165, 1.54) is 5.56 Å². The van der Waals surface area contributed by atoms with Gasteiger partial charge in [0, 0.05) is 25.4 Å². The van der Waals surface area contributed by atoms with E-state index in [-0.39, 0.29) is 5.91 Å². The van der Waals surface area contributed by atoms with Crippen LogP contribution in [0.15, 0.2) is 24.3 Å². The quantitative estimate of drug-likeness (QED) is 0.721. The van der Waals surface area contributed by atoms with Crippen molar-refractivity contribution < 1.29 is 14.6 Å². The number of aliphatic hydroxyl groups excluding tert-OH is 1. The molecule has 1 amide bonds. The van der Waals surface area contributed by atoms with Crippen molar-refractivity contribution in [3.63, 3.8) is 0 Å². The van der Waals surface area contributed by atoms with Crippen molar-refractivity contribution >= 4 is 11.6 Å². The molecule has 2 N–H and O–H groups in total. The maximum Gasteiger partial charge on any atom is 0.226 e. The number of amides is 1. The molecule has 0 atom stereocenters. The van der Waals surface area contributed by atoms with Crippen molar-refractivity contribution in [3.8, 4) is 0 Å². The number of anilines is 1. The summed E-state index contributed by atoms with van der Waals surface area (Å²) >= 11 is 0. The Morgan fingerprint density at radius 1 is 1.39 bits per heavy atom. The lowest BCUT2D eigenvalue weighted by molar-refractivity contribution is -0.117. The van der Waals surface area contributed by atoms with E-state index in [9.17, 15) is 9.90 Å². The van der Waals surface area contributed by atoms with Gasteiger partial charge in [-0.2, -0.15) is 0 Å². The summed E-state index contributed by atoms with van der Waals surface area (Å²) in [7, 11) is 0. The van der Waals surface area contributed by atoms with E-state index in [0.717, 1.165) is 38.2 Å². The number of benzene rings is 1. The molecule has 128 valence electrons. The predicted octanol–water partition coefficient (Wildman–Crippen LogP) is 2.26. The molecule has 5 heteroatoms. The van der Waals surface area contributed by atoms with Crippen LogP contribution >= 0.6 is 0 Å². The lowest BCUT2D eigenvalue weighted by Gasteiger charge is -2.31. The number of carbonyl (C=O) groups excluding carboxylic acids is 1. The Balaban J connectivity index is 1.81. The smallest absolute Gasteiger partial charge is 0.226 e. The number of ether oxygens (including phenoxy) is 1. The van der Waals surface area contributed by atoms with Gasteiger partial charge in [0.1, 0.15) is 0 Å². The molecule has 23 heavy (non-hydrogen) atoms. The number of carbonyl (C=O) groups is 1. The molecule has 0 radical (unpaired) electrons. The molecule has 0 saturated carbocycles. The first-order valence-corrected chi connectivity index (χ1v) is 8.51. The van der Waals surface area contributed by atoms with E-state index in [0.29, 0.717) is 32.2 Å². The molecule has 1 aliphatic rings. The normalized spacial score (nSPS) is 16.4. The Morgan fingerprint density at radius 2 is 2.17 bits per heavy atom. The van der Waals surface area contributed by atoms with Crippen LogP contribution in [-0.4, -0.2) is 48.8 Å². The van der Waals surface area contributed by atoms with Gasteiger partial charge in [-0.05, 0) is 56.5 Å². The third kappa shape index (κ3) is 6.29. The molecule has 2 rings (SSSR count). The SMILES string of the molecule is CCOCCC(=O)Nc1cccc(CN2CCC(CO)CC2)c1. The van der Waals surface area contributed by atoms with Gasteiger partial charge in [-0.1, -0.05) is 12.1 Å². The monoisotopic (exact) mass is 320 g/mol. The summed E-state index contributed by atoms with van der Waals surface area (Å²) in [6.45, 7) is 6.26. The van der Waals surface area contributed by atoms with E-state index >= 15 is 0 Å². The Morgan fingerprint density at radius 3 is 2.87 bits per heavy atom. The summed E-state index contributed by atoms with van der Waals surface area (Å²) in [5.74, 6) is 0.446. The Kier molecular flexibility index (Phi) is 7.52. The summed E-state index contributed by atoms with van der Waals surface area (Å²) in [6, 6.07) is 8.03. The van der Waals surface area contributed by atoms with Gasteiger partial charge in [0.05, 0.1) is 13.0 Å². The molecule has 1 aromatic rings. The van der Waals surface area contributed by atoms with Crippen LogP contribution in [0.2, 0.25) is 0 Å². The molecule has 0 spiro atoms. The topological polar surface area (TPSA) is 61.8 Å². The molecule has 0 aromatic heterocycles. The van der Waals surface area contributed by atoms with Crippen LogP contribution in [-0.2, 0) is 16.1 Å². The third-order valence-corrected chi connectivity index (χ3v) is 4.26. The van der Waals surface area contributed by atoms with Crippen molar-refractivity contribution in [2.24, 2.45) is 5.92 Å². The largest absolute Gasteiger partial charge is 0.396 e. The minimum atomic E-state index is -0.0145. The summed E-state index contributed by atoms with van der Waals surface area (Å²) in [4.78, 5) is 14.2. The van der Waals surface area contributed by atoms with Gasteiger partial charge in [-0.3, -0.25) is 9.69 Å². The number of rotatable bonds is 8. The van der Waals surface area contributed by atoms with Crippen molar-refractivity contribution in [3.05, 3.63) is 29.8 Å². The highest BCUT2D eigenvalue weighted by Gasteiger charge is 2.18. The molecule has 0 aliphatic carbocycles. The van der Waals surface area contributed by atoms with Gasteiger partial charge >= 0.3 is 0 Å². The molecule has 1 saturated heterocycles. The fourth-order valence-corrected chi connectivity index (χ4v) is 2.87. The molecule has 1 heterocycles. The van der Waals surface area contributed by atoms with Crippen LogP contribution in [0.25, 0.3) is 0 Å². The first-order chi connectivity index (χ1) is 11.2. The molecule has 0 unspecified atom stereocenters. The minimum absolute atomic E-state index is 0.0145. The molecule has 0 bridgehead atoms. The first-order valence-electron chi connectivity index (χ1n) is 8.51. The minimum Gasteiger partial charge on any atom is -0.396 e. The standard InChI is InChI=1S/C18H28N2O3/c1-2-23-11-8-18(22)19-17-5-3-4-16(12-17)13-20-9-6-15(14-21)7-10-20/h3-5,12,15,21H,2,6-11,13-14H2,1H3,(H,19,22). The summed E-state index contributed by atoms with van der Waals surface area (Å²) in [6.07, 6.45) is 2.50. The van der Waals surface area contributed by atoms with Crippen LogP contribution in [0.1, 0.15) is 31.7 Å². The number of hydrogen-bond acceptors (Lipinski definition) is 4. The Bertz CT molecular complexity index is 485. The van der Waals surface area contributed by atoms with E-state index in [2.05, 4.69) is 16.3 Å². The van der Waals surface area contributed by atoms with Crippen LogP contribution in [0, 0.1) is 5.92 Å². The Hall–Kier alpha value is -1.43. The predicted molar refractivity (Wildman–Crippen MR) is 91.3 cm³/mol. The van der Waals surface area contributed by atoms with Gasteiger partial charge in [0.25, 0.3) is 0 Å². The molecule has 1 aromatic carbocycles. The van der Waals surface area contributed by atoms with Crippen molar-refractivity contribution in [1.29, 1.82) is 0 Å². The van der Waals surface area contributed by atoms with E-state index in [4.69, 9.17) is 4.74 Å². The zero-order valence-electron chi connectivity index (χ0n) is 14.0. The highest BCUT2D eigenvalue weighted by atomic mass is 16.5. The lowest BCUT2D eigenvalue weighted by Crippen LogP contribution is -2.34. The number of aliphatic hydroxyl groups is 1. The average molecular weight is 320 g/mol. The van der Waals surface area contributed by atoms with Crippen molar-refractivity contribution in [2.75, 3.05) is 38.2 Å². The van der Waals surface area contributed by atoms with Gasteiger partial charge in [-0.25, -0.2) is 0 Å². The average Bonchev–Trinajstić information content (AvgIpc) is 2.56. The molecule has 1 aliphatic heterocycles. The van der Waals surface area contributed by atoms with Gasteiger partial charge < -0.3 is 15.2 Å². The molecule has 5 nitrogen and oxygen atoms in total. The van der Waals surface area contributed by atoms with Crippen LogP contribution in [0.4, 0.5) is 5.69 Å². The van der Waals surface area contributed by atoms with Gasteiger partial charge in [0.15, 0.2) is 0 Å². The van der Waals surface area contributed by atoms with Crippen LogP contribution in [0.5, 0.6) is 0 Å². The number of nitrogens with zero attached hydrogens (tertiary/aromatic N) is 1. The Labute approximate surface area is 138 Å². The lowest BCUT2D eigenvalue weighted by atomic mass is 9.97. The fourth-order valence-electron chi connectivity index (χ4n) is 2.87. The maximum absolute atomic E-state index is 11.8. The second-order valence-electron chi connectivity index (χ2n) is 6.10. The number of piperidine rings is 1. The number of likely N-dealkylation sites (tertiary alicyclic amines) is 1.